The van der Waals surface area contributed by atoms with Gasteiger partial charge in [-0.1, -0.05) is 12.1 Å². The standard InChI is InChI=1S/C25H26N2O5/c1-30-21-14-22(31-2)18(13-16(21)15-28)23(29)17-7-12-27-19-5-3-4-6-20(19)32-25(24(17)27)8-10-26-11-9-25/h3-7,12-14,26,28H,8-11,15H2,1-2H3. The number of hydrogen-bond donors (Lipinski definition) is 2. The van der Waals surface area contributed by atoms with Gasteiger partial charge in [0.25, 0.3) is 0 Å². The van der Waals surface area contributed by atoms with Gasteiger partial charge in [0.2, 0.25) is 0 Å². The van der Waals surface area contributed by atoms with E-state index < -0.39 is 5.60 Å². The molecule has 7 nitrogen and oxygen atoms in total. The molecule has 1 fully saturated rings. The summed E-state index contributed by atoms with van der Waals surface area (Å²) in [5, 5.41) is 13.2. The van der Waals surface area contributed by atoms with Gasteiger partial charge in [0.1, 0.15) is 17.2 Å². The minimum Gasteiger partial charge on any atom is -0.496 e. The number of aromatic nitrogens is 1. The first-order chi connectivity index (χ1) is 15.6. The molecule has 0 aliphatic carbocycles. The Morgan fingerprint density at radius 1 is 1.09 bits per heavy atom. The second kappa shape index (κ2) is 8.00. The maximum atomic E-state index is 13.9. The first-order valence-corrected chi connectivity index (χ1v) is 10.7. The topological polar surface area (TPSA) is 82.0 Å². The van der Waals surface area contributed by atoms with Crippen LogP contribution in [0, 0.1) is 0 Å². The van der Waals surface area contributed by atoms with Crippen molar-refractivity contribution in [3.63, 3.8) is 0 Å². The summed E-state index contributed by atoms with van der Waals surface area (Å²) >= 11 is 0. The van der Waals surface area contributed by atoms with Crippen LogP contribution in [0.25, 0.3) is 5.69 Å². The van der Waals surface area contributed by atoms with Crippen LogP contribution in [0.2, 0.25) is 0 Å². The van der Waals surface area contributed by atoms with Gasteiger partial charge in [-0.2, -0.15) is 0 Å². The molecular formula is C25H26N2O5. The Bertz CT molecular complexity index is 1180. The lowest BCUT2D eigenvalue weighted by Gasteiger charge is -2.43. The normalized spacial score (nSPS) is 16.1. The molecule has 32 heavy (non-hydrogen) atoms. The summed E-state index contributed by atoms with van der Waals surface area (Å²) in [6.45, 7) is 1.37. The summed E-state index contributed by atoms with van der Waals surface area (Å²) in [7, 11) is 3.04. The summed E-state index contributed by atoms with van der Waals surface area (Å²) in [4.78, 5) is 13.9. The number of benzene rings is 2. The van der Waals surface area contributed by atoms with Crippen molar-refractivity contribution in [2.75, 3.05) is 27.3 Å². The molecule has 2 aliphatic heterocycles. The average molecular weight is 434 g/mol. The van der Waals surface area contributed by atoms with E-state index >= 15 is 0 Å². The van der Waals surface area contributed by atoms with Gasteiger partial charge in [-0.3, -0.25) is 4.79 Å². The Balaban J connectivity index is 1.69. The third-order valence-electron chi connectivity index (χ3n) is 6.42. The van der Waals surface area contributed by atoms with Gasteiger partial charge in [-0.15, -0.1) is 0 Å². The third-order valence-corrected chi connectivity index (χ3v) is 6.42. The van der Waals surface area contributed by atoms with E-state index in [0.717, 1.165) is 43.1 Å². The largest absolute Gasteiger partial charge is 0.496 e. The number of carbonyl (C=O) groups excluding carboxylic acids is 1. The van der Waals surface area contributed by atoms with Crippen molar-refractivity contribution in [2.24, 2.45) is 0 Å². The van der Waals surface area contributed by atoms with Crippen LogP contribution in [0.1, 0.15) is 40.0 Å². The predicted octanol–water partition coefficient (Wildman–Crippen LogP) is 3.19. The molecular weight excluding hydrogens is 408 g/mol. The van der Waals surface area contributed by atoms with Gasteiger partial charge in [-0.25, -0.2) is 0 Å². The summed E-state index contributed by atoms with van der Waals surface area (Å²) in [5.74, 6) is 1.53. The lowest BCUT2D eigenvalue weighted by atomic mass is 9.83. The molecule has 1 aromatic heterocycles. The fourth-order valence-electron chi connectivity index (χ4n) is 4.86. The summed E-state index contributed by atoms with van der Waals surface area (Å²) in [6.07, 6.45) is 3.46. The number of carbonyl (C=O) groups is 1. The first kappa shape index (κ1) is 20.6. The number of hydrogen-bond acceptors (Lipinski definition) is 6. The molecule has 0 radical (unpaired) electrons. The number of ketones is 1. The molecule has 2 N–H and O–H groups in total. The van der Waals surface area contributed by atoms with Crippen LogP contribution in [-0.4, -0.2) is 42.8 Å². The van der Waals surface area contributed by atoms with Crippen LogP contribution >= 0.6 is 0 Å². The first-order valence-electron chi connectivity index (χ1n) is 10.7. The molecule has 0 amide bonds. The lowest BCUT2D eigenvalue weighted by Crippen LogP contribution is -2.47. The lowest BCUT2D eigenvalue weighted by molar-refractivity contribution is 0.0194. The summed E-state index contributed by atoms with van der Waals surface area (Å²) in [6, 6.07) is 13.1. The molecule has 1 spiro atoms. The Hall–Kier alpha value is -3.29. The van der Waals surface area contributed by atoms with E-state index in [1.165, 1.54) is 14.2 Å². The average Bonchev–Trinajstić information content (AvgIpc) is 3.30. The number of fused-ring (bicyclic) bond motifs is 4. The van der Waals surface area contributed by atoms with E-state index in [2.05, 4.69) is 9.88 Å². The molecule has 3 heterocycles. The smallest absolute Gasteiger partial charge is 0.198 e. The fraction of sp³-hybridized carbons (Fsp3) is 0.320. The zero-order valence-corrected chi connectivity index (χ0v) is 18.2. The monoisotopic (exact) mass is 434 g/mol. The van der Waals surface area contributed by atoms with E-state index in [-0.39, 0.29) is 12.4 Å². The molecule has 0 bridgehead atoms. The molecule has 2 aromatic carbocycles. The number of nitrogens with zero attached hydrogens (tertiary/aromatic N) is 1. The molecule has 3 aromatic rings. The van der Waals surface area contributed by atoms with Crippen LogP contribution in [0.5, 0.6) is 17.2 Å². The number of ether oxygens (including phenoxy) is 3. The van der Waals surface area contributed by atoms with Crippen molar-refractivity contribution in [3.8, 4) is 22.9 Å². The van der Waals surface area contributed by atoms with Gasteiger partial charge >= 0.3 is 0 Å². The van der Waals surface area contributed by atoms with E-state index in [1.807, 2.05) is 36.5 Å². The number of aliphatic hydroxyl groups is 1. The summed E-state index contributed by atoms with van der Waals surface area (Å²) in [5.41, 5.74) is 2.69. The Labute approximate surface area is 186 Å². The van der Waals surface area contributed by atoms with E-state index in [0.29, 0.717) is 28.2 Å². The Kier molecular flexibility index (Phi) is 5.15. The SMILES string of the molecule is COc1cc(OC)c(C(=O)c2ccn3c2C2(CCNCC2)Oc2ccccc2-3)cc1CO. The molecule has 0 saturated carbocycles. The van der Waals surface area contributed by atoms with Gasteiger partial charge in [0.15, 0.2) is 11.4 Å². The highest BCUT2D eigenvalue weighted by Gasteiger charge is 2.45. The predicted molar refractivity (Wildman–Crippen MR) is 119 cm³/mol. The molecule has 0 unspecified atom stereocenters. The molecule has 1 saturated heterocycles. The van der Waals surface area contributed by atoms with Gasteiger partial charge < -0.3 is 29.2 Å². The number of methoxy groups -OCH3 is 2. The van der Waals surface area contributed by atoms with Crippen molar-refractivity contribution in [2.45, 2.75) is 25.0 Å². The van der Waals surface area contributed by atoms with Crippen LogP contribution in [0.4, 0.5) is 0 Å². The number of rotatable bonds is 5. The van der Waals surface area contributed by atoms with E-state index in [4.69, 9.17) is 14.2 Å². The molecule has 7 heteroatoms. The Morgan fingerprint density at radius 3 is 2.56 bits per heavy atom. The van der Waals surface area contributed by atoms with E-state index in [9.17, 15) is 9.90 Å². The highest BCUT2D eigenvalue weighted by molar-refractivity contribution is 6.12. The van der Waals surface area contributed by atoms with Crippen LogP contribution in [-0.2, 0) is 12.2 Å². The van der Waals surface area contributed by atoms with Crippen molar-refractivity contribution in [1.82, 2.24) is 9.88 Å². The van der Waals surface area contributed by atoms with Crippen molar-refractivity contribution < 1.29 is 24.1 Å². The quantitative estimate of drug-likeness (QED) is 0.601. The van der Waals surface area contributed by atoms with Gasteiger partial charge in [0.05, 0.1) is 37.8 Å². The maximum Gasteiger partial charge on any atom is 0.198 e. The second-order valence-electron chi connectivity index (χ2n) is 8.11. The van der Waals surface area contributed by atoms with E-state index in [1.54, 1.807) is 12.1 Å². The zero-order valence-electron chi connectivity index (χ0n) is 18.2. The van der Waals surface area contributed by atoms with Gasteiger partial charge in [0, 0.05) is 36.2 Å². The Morgan fingerprint density at radius 2 is 1.84 bits per heavy atom. The van der Waals surface area contributed by atoms with Crippen molar-refractivity contribution >= 4 is 5.78 Å². The van der Waals surface area contributed by atoms with Crippen LogP contribution in [0.15, 0.2) is 48.7 Å². The molecule has 0 atom stereocenters. The second-order valence-corrected chi connectivity index (χ2v) is 8.11. The highest BCUT2D eigenvalue weighted by Crippen LogP contribution is 2.46. The number of nitrogens with one attached hydrogen (secondary N) is 1. The van der Waals surface area contributed by atoms with Crippen LogP contribution < -0.4 is 19.5 Å². The van der Waals surface area contributed by atoms with Crippen LogP contribution in [0.3, 0.4) is 0 Å². The summed E-state index contributed by atoms with van der Waals surface area (Å²) < 4.78 is 19.5. The minimum atomic E-state index is -0.590. The molecule has 166 valence electrons. The van der Waals surface area contributed by atoms with Gasteiger partial charge in [-0.05, 0) is 37.4 Å². The number of para-hydroxylation sites is 2. The maximum absolute atomic E-state index is 13.9. The number of aliphatic hydroxyl groups excluding tert-OH is 1. The number of piperidine rings is 1. The zero-order chi connectivity index (χ0) is 22.3. The van der Waals surface area contributed by atoms with Crippen molar-refractivity contribution in [1.29, 1.82) is 0 Å². The highest BCUT2D eigenvalue weighted by atomic mass is 16.5. The minimum absolute atomic E-state index is 0.172. The van der Waals surface area contributed by atoms with Crippen molar-refractivity contribution in [3.05, 3.63) is 71.0 Å². The fourth-order valence-corrected chi connectivity index (χ4v) is 4.86. The third kappa shape index (κ3) is 3.08. The molecule has 2 aliphatic rings. The molecule has 5 rings (SSSR count).